The first kappa shape index (κ1) is 13.9. The number of benzene rings is 1. The zero-order chi connectivity index (χ0) is 14.4. The maximum atomic E-state index is 11.8. The summed E-state index contributed by atoms with van der Waals surface area (Å²) in [6.07, 6.45) is 1.40. The number of hydrogen-bond donors (Lipinski definition) is 2. The standard InChI is InChI=1S/C15H16N2O3/c1-2-20-13-6-3-11(4-7-13)9-17-15(19)12-5-8-14(18)16-10-12/h3-8,10H,2,9H2,1H3,(H,16,18)(H,17,19). The molecule has 104 valence electrons. The molecule has 5 heteroatoms. The van der Waals surface area contributed by atoms with Crippen molar-refractivity contribution < 1.29 is 9.53 Å². The summed E-state index contributed by atoms with van der Waals surface area (Å²) in [4.78, 5) is 25.2. The smallest absolute Gasteiger partial charge is 0.253 e. The van der Waals surface area contributed by atoms with Gasteiger partial charge in [0.2, 0.25) is 5.56 Å². The number of rotatable bonds is 5. The number of hydrogen-bond acceptors (Lipinski definition) is 3. The molecule has 1 heterocycles. The molecule has 1 aromatic heterocycles. The van der Waals surface area contributed by atoms with Crippen LogP contribution in [0.3, 0.4) is 0 Å². The number of carbonyl (C=O) groups is 1. The predicted molar refractivity (Wildman–Crippen MR) is 75.8 cm³/mol. The van der Waals surface area contributed by atoms with Crippen molar-refractivity contribution in [3.8, 4) is 5.75 Å². The Morgan fingerprint density at radius 3 is 2.55 bits per heavy atom. The second-order valence-corrected chi connectivity index (χ2v) is 4.20. The third-order valence-electron chi connectivity index (χ3n) is 2.73. The normalized spacial score (nSPS) is 10.1. The lowest BCUT2D eigenvalue weighted by atomic mass is 10.2. The summed E-state index contributed by atoms with van der Waals surface area (Å²) in [5, 5.41) is 2.78. The Bertz CT molecular complexity index is 612. The molecule has 0 aliphatic rings. The van der Waals surface area contributed by atoms with E-state index in [-0.39, 0.29) is 11.5 Å². The third kappa shape index (κ3) is 3.71. The van der Waals surface area contributed by atoms with Gasteiger partial charge in [-0.3, -0.25) is 9.59 Å². The van der Waals surface area contributed by atoms with Crippen LogP contribution < -0.4 is 15.6 Å². The molecule has 5 nitrogen and oxygen atoms in total. The summed E-state index contributed by atoms with van der Waals surface area (Å²) >= 11 is 0. The molecular weight excluding hydrogens is 256 g/mol. The molecule has 0 saturated carbocycles. The van der Waals surface area contributed by atoms with E-state index in [1.165, 1.54) is 18.3 Å². The predicted octanol–water partition coefficient (Wildman–Crippen LogP) is 1.70. The maximum absolute atomic E-state index is 11.8. The summed E-state index contributed by atoms with van der Waals surface area (Å²) in [5.74, 6) is 0.582. The Balaban J connectivity index is 1.92. The van der Waals surface area contributed by atoms with E-state index >= 15 is 0 Å². The number of aromatic nitrogens is 1. The first-order valence-electron chi connectivity index (χ1n) is 6.37. The Labute approximate surface area is 116 Å². The van der Waals surface area contributed by atoms with Crippen LogP contribution in [0.5, 0.6) is 5.75 Å². The van der Waals surface area contributed by atoms with E-state index in [1.54, 1.807) is 0 Å². The number of pyridine rings is 1. The monoisotopic (exact) mass is 272 g/mol. The molecule has 0 bridgehead atoms. The van der Waals surface area contributed by atoms with Crippen LogP contribution in [-0.2, 0) is 6.54 Å². The van der Waals surface area contributed by atoms with E-state index in [0.717, 1.165) is 11.3 Å². The largest absolute Gasteiger partial charge is 0.494 e. The number of H-pyrrole nitrogens is 1. The summed E-state index contributed by atoms with van der Waals surface area (Å²) < 4.78 is 5.35. The van der Waals surface area contributed by atoms with Gasteiger partial charge in [0.15, 0.2) is 0 Å². The van der Waals surface area contributed by atoms with Crippen LogP contribution >= 0.6 is 0 Å². The SMILES string of the molecule is CCOc1ccc(CNC(=O)c2ccc(=O)[nH]c2)cc1. The van der Waals surface area contributed by atoms with Crippen molar-refractivity contribution in [2.45, 2.75) is 13.5 Å². The van der Waals surface area contributed by atoms with Gasteiger partial charge in [-0.1, -0.05) is 12.1 Å². The minimum atomic E-state index is -0.229. The van der Waals surface area contributed by atoms with Gasteiger partial charge in [-0.15, -0.1) is 0 Å². The molecule has 0 atom stereocenters. The Morgan fingerprint density at radius 2 is 1.95 bits per heavy atom. The molecule has 2 rings (SSSR count). The van der Waals surface area contributed by atoms with Crippen molar-refractivity contribution in [3.63, 3.8) is 0 Å². The molecule has 0 saturated heterocycles. The highest BCUT2D eigenvalue weighted by Crippen LogP contribution is 2.11. The summed E-state index contributed by atoms with van der Waals surface area (Å²) in [7, 11) is 0. The number of aromatic amines is 1. The van der Waals surface area contributed by atoms with Gasteiger partial charge in [0.05, 0.1) is 12.2 Å². The van der Waals surface area contributed by atoms with E-state index in [9.17, 15) is 9.59 Å². The molecule has 0 aliphatic heterocycles. The average molecular weight is 272 g/mol. The quantitative estimate of drug-likeness (QED) is 0.870. The fraction of sp³-hybridized carbons (Fsp3) is 0.200. The Hall–Kier alpha value is -2.56. The van der Waals surface area contributed by atoms with E-state index in [0.29, 0.717) is 18.7 Å². The molecule has 1 amide bonds. The van der Waals surface area contributed by atoms with Crippen LogP contribution in [0.1, 0.15) is 22.8 Å². The van der Waals surface area contributed by atoms with Crippen LogP contribution in [0.15, 0.2) is 47.4 Å². The van der Waals surface area contributed by atoms with E-state index in [2.05, 4.69) is 10.3 Å². The van der Waals surface area contributed by atoms with Gasteiger partial charge in [0, 0.05) is 18.8 Å². The fourth-order valence-corrected chi connectivity index (χ4v) is 1.71. The first-order valence-corrected chi connectivity index (χ1v) is 6.37. The van der Waals surface area contributed by atoms with E-state index in [1.807, 2.05) is 31.2 Å². The molecular formula is C15H16N2O3. The molecule has 2 aromatic rings. The second-order valence-electron chi connectivity index (χ2n) is 4.20. The highest BCUT2D eigenvalue weighted by Gasteiger charge is 2.04. The topological polar surface area (TPSA) is 71.2 Å². The molecule has 0 fully saturated rings. The minimum absolute atomic E-state index is 0.227. The second kappa shape index (κ2) is 6.56. The molecule has 0 radical (unpaired) electrons. The number of ether oxygens (including phenoxy) is 1. The lowest BCUT2D eigenvalue weighted by Gasteiger charge is -2.07. The lowest BCUT2D eigenvalue weighted by Crippen LogP contribution is -2.23. The van der Waals surface area contributed by atoms with Gasteiger partial charge >= 0.3 is 0 Å². The fourth-order valence-electron chi connectivity index (χ4n) is 1.71. The number of amides is 1. The lowest BCUT2D eigenvalue weighted by molar-refractivity contribution is 0.0950. The molecule has 0 unspecified atom stereocenters. The molecule has 0 spiro atoms. The van der Waals surface area contributed by atoms with Gasteiger partial charge in [-0.25, -0.2) is 0 Å². The van der Waals surface area contributed by atoms with Crippen LogP contribution in [0, 0.1) is 0 Å². The Kier molecular flexibility index (Phi) is 4.55. The van der Waals surface area contributed by atoms with Crippen molar-refractivity contribution in [2.75, 3.05) is 6.61 Å². The van der Waals surface area contributed by atoms with Crippen LogP contribution in [0.2, 0.25) is 0 Å². The van der Waals surface area contributed by atoms with Crippen LogP contribution in [-0.4, -0.2) is 17.5 Å². The summed E-state index contributed by atoms with van der Waals surface area (Å²) in [6.45, 7) is 2.98. The zero-order valence-electron chi connectivity index (χ0n) is 11.2. The van der Waals surface area contributed by atoms with Gasteiger partial charge in [-0.2, -0.15) is 0 Å². The summed E-state index contributed by atoms with van der Waals surface area (Å²) in [5.41, 5.74) is 1.18. The van der Waals surface area contributed by atoms with Gasteiger partial charge in [0.1, 0.15) is 5.75 Å². The molecule has 2 N–H and O–H groups in total. The van der Waals surface area contributed by atoms with Crippen molar-refractivity contribution in [2.24, 2.45) is 0 Å². The van der Waals surface area contributed by atoms with Crippen molar-refractivity contribution in [1.82, 2.24) is 10.3 Å². The minimum Gasteiger partial charge on any atom is -0.494 e. The maximum Gasteiger partial charge on any atom is 0.253 e. The molecule has 1 aromatic carbocycles. The van der Waals surface area contributed by atoms with Crippen molar-refractivity contribution in [3.05, 3.63) is 64.1 Å². The zero-order valence-corrected chi connectivity index (χ0v) is 11.2. The molecule has 0 aliphatic carbocycles. The van der Waals surface area contributed by atoms with Crippen LogP contribution in [0.25, 0.3) is 0 Å². The Morgan fingerprint density at radius 1 is 1.20 bits per heavy atom. The average Bonchev–Trinajstić information content (AvgIpc) is 2.47. The van der Waals surface area contributed by atoms with Crippen molar-refractivity contribution in [1.29, 1.82) is 0 Å². The third-order valence-corrected chi connectivity index (χ3v) is 2.73. The highest BCUT2D eigenvalue weighted by molar-refractivity contribution is 5.93. The highest BCUT2D eigenvalue weighted by atomic mass is 16.5. The first-order chi connectivity index (χ1) is 9.69. The number of carbonyl (C=O) groups excluding carboxylic acids is 1. The number of nitrogens with one attached hydrogen (secondary N) is 2. The van der Waals surface area contributed by atoms with Crippen LogP contribution in [0.4, 0.5) is 0 Å². The van der Waals surface area contributed by atoms with Gasteiger partial charge in [-0.05, 0) is 30.7 Å². The van der Waals surface area contributed by atoms with Gasteiger partial charge < -0.3 is 15.0 Å². The molecule has 20 heavy (non-hydrogen) atoms. The summed E-state index contributed by atoms with van der Waals surface area (Å²) in [6, 6.07) is 10.4. The van der Waals surface area contributed by atoms with E-state index < -0.39 is 0 Å². The van der Waals surface area contributed by atoms with E-state index in [4.69, 9.17) is 4.74 Å². The van der Waals surface area contributed by atoms with Crippen molar-refractivity contribution >= 4 is 5.91 Å². The van der Waals surface area contributed by atoms with Gasteiger partial charge in [0.25, 0.3) is 5.91 Å².